The quantitative estimate of drug-likeness (QED) is 0.615. The Kier molecular flexibility index (Phi) is 4.91. The molecule has 2 aliphatic heterocycles. The van der Waals surface area contributed by atoms with Gasteiger partial charge < -0.3 is 25.2 Å². The lowest BCUT2D eigenvalue weighted by Gasteiger charge is -2.47. The molecule has 2 N–H and O–H groups in total. The van der Waals surface area contributed by atoms with E-state index in [1.165, 1.54) is 6.07 Å². The van der Waals surface area contributed by atoms with Gasteiger partial charge in [-0.05, 0) is 35.2 Å². The van der Waals surface area contributed by atoms with Gasteiger partial charge in [-0.1, -0.05) is 44.2 Å². The molecule has 1 fully saturated rings. The molecule has 2 amide bonds. The van der Waals surface area contributed by atoms with Gasteiger partial charge >= 0.3 is 0 Å². The maximum atomic E-state index is 13.5. The van der Waals surface area contributed by atoms with Gasteiger partial charge in [-0.3, -0.25) is 14.8 Å². The molecule has 0 bridgehead atoms. The maximum Gasteiger partial charge on any atom is 0.246 e. The summed E-state index contributed by atoms with van der Waals surface area (Å²) in [6.45, 7) is 4.62. The smallest absolute Gasteiger partial charge is 0.246 e. The molecule has 0 spiro atoms. The van der Waals surface area contributed by atoms with Crippen LogP contribution in [0, 0.1) is 11.1 Å². The number of benzene rings is 2. The monoisotopic (exact) mass is 433 g/mol. The van der Waals surface area contributed by atoms with Crippen LogP contribution in [0.3, 0.4) is 0 Å². The Morgan fingerprint density at radius 2 is 1.97 bits per heavy atom. The first-order chi connectivity index (χ1) is 15.3. The molecule has 0 saturated carbocycles. The minimum atomic E-state index is -0.618. The van der Waals surface area contributed by atoms with Crippen molar-refractivity contribution in [3.8, 4) is 0 Å². The molecule has 1 aromatic heterocycles. The molecule has 0 radical (unpaired) electrons. The van der Waals surface area contributed by atoms with Crippen molar-refractivity contribution in [2.45, 2.75) is 32.4 Å². The van der Waals surface area contributed by atoms with E-state index >= 15 is 0 Å². The van der Waals surface area contributed by atoms with E-state index in [0.29, 0.717) is 18.5 Å². The van der Waals surface area contributed by atoms with Crippen LogP contribution >= 0.6 is 0 Å². The van der Waals surface area contributed by atoms with Crippen molar-refractivity contribution < 1.29 is 14.8 Å². The molecule has 1 saturated heterocycles. The fourth-order valence-electron chi connectivity index (χ4n) is 5.08. The Labute approximate surface area is 185 Å². The summed E-state index contributed by atoms with van der Waals surface area (Å²) in [6, 6.07) is 13.2. The molecule has 3 aromatic rings. The minimum absolute atomic E-state index is 0.0347. The molecular formula is C24H25N4O4-. The molecule has 2 atom stereocenters. The lowest BCUT2D eigenvalue weighted by Crippen LogP contribution is -2.63. The van der Waals surface area contributed by atoms with Gasteiger partial charge in [-0.2, -0.15) is 0 Å². The summed E-state index contributed by atoms with van der Waals surface area (Å²) in [5.74, 6) is 0.0755. The molecule has 2 aliphatic rings. The van der Waals surface area contributed by atoms with Crippen LogP contribution in [0.15, 0.2) is 48.5 Å². The van der Waals surface area contributed by atoms with Crippen molar-refractivity contribution in [1.29, 1.82) is 0 Å². The summed E-state index contributed by atoms with van der Waals surface area (Å²) >= 11 is 0. The van der Waals surface area contributed by atoms with Gasteiger partial charge in [-0.15, -0.1) is 0 Å². The molecule has 32 heavy (non-hydrogen) atoms. The second-order valence-electron chi connectivity index (χ2n) is 8.97. The fourth-order valence-corrected chi connectivity index (χ4v) is 5.08. The number of hydrogen-bond acceptors (Lipinski definition) is 5. The molecule has 8 nitrogen and oxygen atoms in total. The molecule has 166 valence electrons. The second kappa shape index (κ2) is 7.65. The van der Waals surface area contributed by atoms with E-state index < -0.39 is 12.1 Å². The lowest BCUT2D eigenvalue weighted by atomic mass is 9.86. The number of hydrogen-bond donors (Lipinski definition) is 2. The van der Waals surface area contributed by atoms with Gasteiger partial charge in [-0.25, -0.2) is 0 Å². The van der Waals surface area contributed by atoms with Crippen LogP contribution in [-0.2, 0) is 16.0 Å². The molecular weight excluding hydrogens is 408 g/mol. The van der Waals surface area contributed by atoms with E-state index in [2.05, 4.69) is 4.98 Å². The van der Waals surface area contributed by atoms with Crippen LogP contribution in [0.5, 0.6) is 0 Å². The van der Waals surface area contributed by atoms with E-state index in [1.807, 2.05) is 44.2 Å². The van der Waals surface area contributed by atoms with Crippen molar-refractivity contribution in [1.82, 2.24) is 14.8 Å². The number of amides is 2. The summed E-state index contributed by atoms with van der Waals surface area (Å²) in [4.78, 5) is 33.6. The zero-order chi connectivity index (χ0) is 22.6. The Hall–Kier alpha value is -3.36. The molecule has 8 heteroatoms. The number of nitrogens with one attached hydrogen (secondary N) is 1. The van der Waals surface area contributed by atoms with Crippen LogP contribution in [0.1, 0.15) is 36.7 Å². The number of aromatic amines is 1. The highest BCUT2D eigenvalue weighted by Crippen LogP contribution is 2.43. The van der Waals surface area contributed by atoms with Crippen LogP contribution in [-0.4, -0.2) is 50.9 Å². The summed E-state index contributed by atoms with van der Waals surface area (Å²) in [7, 11) is 0. The third kappa shape index (κ3) is 3.23. The highest BCUT2D eigenvalue weighted by atomic mass is 16.8. The summed E-state index contributed by atoms with van der Waals surface area (Å²) in [6.07, 6.45) is 0.433. The standard InChI is InChI=1S/C24H25N4O4/c1-14(2)12-26-13-21(29)27-20(24(26)30)11-18-17-8-3-4-9-19(17)25-22(18)23(27)15-6-5-7-16(10-15)28(31)32/h3-10,14,20,23,25,31H,11-13H2,1-2H3/q-1/t20-,23?/m0/s1. The second-order valence-corrected chi connectivity index (χ2v) is 8.97. The normalized spacial score (nSPS) is 20.7. The number of fused-ring (bicyclic) bond motifs is 4. The van der Waals surface area contributed by atoms with Gasteiger partial charge in [0.15, 0.2) is 0 Å². The van der Waals surface area contributed by atoms with Gasteiger partial charge in [0.05, 0.1) is 18.3 Å². The predicted octanol–water partition coefficient (Wildman–Crippen LogP) is 3.20. The molecule has 5 rings (SSSR count). The average Bonchev–Trinajstić information content (AvgIpc) is 3.14. The van der Waals surface area contributed by atoms with Crippen LogP contribution in [0.4, 0.5) is 5.69 Å². The number of nitrogens with zero attached hydrogens (tertiary/aromatic N) is 3. The van der Waals surface area contributed by atoms with Crippen LogP contribution in [0.25, 0.3) is 10.9 Å². The summed E-state index contributed by atoms with van der Waals surface area (Å²) in [5, 5.41) is 21.8. The Morgan fingerprint density at radius 1 is 1.19 bits per heavy atom. The number of carbonyl (C=O) groups is 2. The lowest BCUT2D eigenvalue weighted by molar-refractivity contribution is -0.159. The first-order valence-corrected chi connectivity index (χ1v) is 10.8. The fraction of sp³-hybridized carbons (Fsp3) is 0.333. The van der Waals surface area contributed by atoms with Crippen LogP contribution < -0.4 is 5.23 Å². The Morgan fingerprint density at radius 3 is 2.72 bits per heavy atom. The van der Waals surface area contributed by atoms with Crippen LogP contribution in [0.2, 0.25) is 0 Å². The Balaban J connectivity index is 1.69. The average molecular weight is 433 g/mol. The predicted molar refractivity (Wildman–Crippen MR) is 120 cm³/mol. The van der Waals surface area contributed by atoms with Gasteiger partial charge in [0, 0.05) is 29.6 Å². The summed E-state index contributed by atoms with van der Waals surface area (Å²) in [5.41, 5.74) is 3.51. The van der Waals surface area contributed by atoms with Crippen molar-refractivity contribution in [3.05, 3.63) is 70.6 Å². The number of anilines is 1. The number of para-hydroxylation sites is 1. The zero-order valence-corrected chi connectivity index (χ0v) is 18.0. The maximum absolute atomic E-state index is 13.5. The molecule has 0 aliphatic carbocycles. The van der Waals surface area contributed by atoms with E-state index in [-0.39, 0.29) is 35.2 Å². The Bertz CT molecular complexity index is 1200. The van der Waals surface area contributed by atoms with Crippen molar-refractivity contribution in [2.75, 3.05) is 18.3 Å². The van der Waals surface area contributed by atoms with E-state index in [9.17, 15) is 20.0 Å². The van der Waals surface area contributed by atoms with Gasteiger partial charge in [0.1, 0.15) is 6.04 Å². The topological polar surface area (TPSA) is 103 Å². The zero-order valence-electron chi connectivity index (χ0n) is 18.0. The summed E-state index contributed by atoms with van der Waals surface area (Å²) < 4.78 is 0. The van der Waals surface area contributed by atoms with E-state index in [4.69, 9.17) is 0 Å². The third-order valence-corrected chi connectivity index (χ3v) is 6.33. The number of H-pyrrole nitrogens is 1. The van der Waals surface area contributed by atoms with Crippen molar-refractivity contribution in [3.63, 3.8) is 0 Å². The molecule has 1 unspecified atom stereocenters. The van der Waals surface area contributed by atoms with Crippen molar-refractivity contribution >= 4 is 28.4 Å². The number of carbonyl (C=O) groups excluding carboxylic acids is 2. The minimum Gasteiger partial charge on any atom is -0.733 e. The van der Waals surface area contributed by atoms with Crippen molar-refractivity contribution in [2.24, 2.45) is 5.92 Å². The highest BCUT2D eigenvalue weighted by molar-refractivity contribution is 5.97. The largest absolute Gasteiger partial charge is 0.733 e. The number of piperazine rings is 1. The number of rotatable bonds is 4. The SMILES string of the molecule is CC(C)CN1CC(=O)N2C(c3cccc(N([O-])O)c3)c3[nH]c4ccccc4c3C[C@H]2C1=O. The van der Waals surface area contributed by atoms with Gasteiger partial charge in [0.2, 0.25) is 11.8 Å². The van der Waals surface area contributed by atoms with E-state index in [0.717, 1.165) is 22.2 Å². The van der Waals surface area contributed by atoms with Gasteiger partial charge in [0.25, 0.3) is 0 Å². The first kappa shape index (κ1) is 20.5. The van der Waals surface area contributed by atoms with E-state index in [1.54, 1.807) is 21.9 Å². The third-order valence-electron chi connectivity index (χ3n) is 6.33. The molecule has 3 heterocycles. The highest BCUT2D eigenvalue weighted by Gasteiger charge is 2.48. The molecule has 2 aromatic carbocycles. The first-order valence-electron chi connectivity index (χ1n) is 10.8. The number of aromatic nitrogens is 1.